The fraction of sp³-hybridized carbons (Fsp3) is 0.308. The molecule has 0 aromatic heterocycles. The lowest BCUT2D eigenvalue weighted by Gasteiger charge is -2.09. The Hall–Kier alpha value is -2.17. The van der Waals surface area contributed by atoms with Crippen LogP contribution >= 0.6 is 0 Å². The molecule has 1 aromatic carbocycles. The lowest BCUT2D eigenvalue weighted by Crippen LogP contribution is -2.16. The average Bonchev–Trinajstić information content (AvgIpc) is 2.38. The van der Waals surface area contributed by atoms with Crippen LogP contribution in [0.3, 0.4) is 0 Å². The minimum absolute atomic E-state index is 0.0416. The molecule has 0 aliphatic heterocycles. The highest BCUT2D eigenvalue weighted by molar-refractivity contribution is 6.07. The number of ether oxygens (including phenoxy) is 2. The van der Waals surface area contributed by atoms with Crippen LogP contribution in [0.25, 0.3) is 0 Å². The fourth-order valence-corrected chi connectivity index (χ4v) is 1.48. The first-order valence-corrected chi connectivity index (χ1v) is 5.58. The van der Waals surface area contributed by atoms with Crippen molar-refractivity contribution >= 4 is 18.2 Å². The van der Waals surface area contributed by atoms with Crippen LogP contribution in [0, 0.1) is 0 Å². The van der Waals surface area contributed by atoms with Gasteiger partial charge in [0.2, 0.25) is 0 Å². The third-order valence-electron chi connectivity index (χ3n) is 2.20. The Morgan fingerprint density at radius 2 is 1.72 bits per heavy atom. The van der Waals surface area contributed by atoms with E-state index in [-0.39, 0.29) is 29.9 Å². The predicted molar refractivity (Wildman–Crippen MR) is 63.7 cm³/mol. The molecule has 0 atom stereocenters. The van der Waals surface area contributed by atoms with E-state index in [0.717, 1.165) is 0 Å². The average molecular weight is 250 g/mol. The Balaban J connectivity index is 3.28. The molecule has 0 unspecified atom stereocenters. The minimum atomic E-state index is -0.705. The summed E-state index contributed by atoms with van der Waals surface area (Å²) in [6.07, 6.45) is 0.509. The van der Waals surface area contributed by atoms with E-state index in [4.69, 9.17) is 9.47 Å². The van der Waals surface area contributed by atoms with Crippen LogP contribution in [0.4, 0.5) is 0 Å². The number of esters is 2. The van der Waals surface area contributed by atoms with Gasteiger partial charge in [-0.05, 0) is 19.9 Å². The highest BCUT2D eigenvalue weighted by atomic mass is 16.5. The van der Waals surface area contributed by atoms with Gasteiger partial charge in [-0.15, -0.1) is 0 Å². The molecule has 5 heteroatoms. The summed E-state index contributed by atoms with van der Waals surface area (Å²) in [5, 5.41) is 0. The van der Waals surface area contributed by atoms with E-state index >= 15 is 0 Å². The van der Waals surface area contributed by atoms with Crippen molar-refractivity contribution in [2.24, 2.45) is 0 Å². The summed E-state index contributed by atoms with van der Waals surface area (Å²) >= 11 is 0. The van der Waals surface area contributed by atoms with Crippen LogP contribution < -0.4 is 0 Å². The minimum Gasteiger partial charge on any atom is -0.462 e. The van der Waals surface area contributed by atoms with Gasteiger partial charge in [-0.2, -0.15) is 0 Å². The molecule has 0 fully saturated rings. The van der Waals surface area contributed by atoms with Gasteiger partial charge in [0.05, 0.1) is 24.3 Å². The number of hydrogen-bond acceptors (Lipinski definition) is 5. The highest BCUT2D eigenvalue weighted by Crippen LogP contribution is 2.16. The number of hydrogen-bond donors (Lipinski definition) is 0. The van der Waals surface area contributed by atoms with Crippen LogP contribution in [0.5, 0.6) is 0 Å². The number of benzene rings is 1. The molecular weight excluding hydrogens is 236 g/mol. The second-order valence-electron chi connectivity index (χ2n) is 3.33. The van der Waals surface area contributed by atoms with E-state index in [0.29, 0.717) is 6.29 Å². The van der Waals surface area contributed by atoms with E-state index in [1.807, 2.05) is 0 Å². The van der Waals surface area contributed by atoms with Gasteiger partial charge in [-0.3, -0.25) is 4.79 Å². The Bertz CT molecular complexity index is 464. The molecule has 0 amide bonds. The zero-order valence-electron chi connectivity index (χ0n) is 10.3. The molecule has 96 valence electrons. The third-order valence-corrected chi connectivity index (χ3v) is 2.20. The molecule has 5 nitrogen and oxygen atoms in total. The first-order chi connectivity index (χ1) is 8.65. The van der Waals surface area contributed by atoms with E-state index < -0.39 is 11.9 Å². The Labute approximate surface area is 105 Å². The van der Waals surface area contributed by atoms with Crippen molar-refractivity contribution in [1.29, 1.82) is 0 Å². The zero-order chi connectivity index (χ0) is 13.5. The largest absolute Gasteiger partial charge is 0.462 e. The SMILES string of the molecule is CCOC(=O)c1cccc(C=O)c1C(=O)OCC. The number of carbonyl (C=O) groups is 3. The zero-order valence-corrected chi connectivity index (χ0v) is 10.3. The van der Waals surface area contributed by atoms with E-state index in [1.54, 1.807) is 13.8 Å². The normalized spacial score (nSPS) is 9.67. The molecule has 0 saturated heterocycles. The molecule has 1 rings (SSSR count). The number of aldehydes is 1. The maximum absolute atomic E-state index is 11.8. The molecule has 0 radical (unpaired) electrons. The van der Waals surface area contributed by atoms with E-state index in [2.05, 4.69) is 0 Å². The van der Waals surface area contributed by atoms with Crippen molar-refractivity contribution < 1.29 is 23.9 Å². The van der Waals surface area contributed by atoms with Gasteiger partial charge in [0.25, 0.3) is 0 Å². The van der Waals surface area contributed by atoms with Crippen LogP contribution in [-0.2, 0) is 9.47 Å². The van der Waals surface area contributed by atoms with E-state index in [1.165, 1.54) is 18.2 Å². The number of rotatable bonds is 5. The van der Waals surface area contributed by atoms with Gasteiger partial charge in [0.15, 0.2) is 6.29 Å². The van der Waals surface area contributed by atoms with Gasteiger partial charge < -0.3 is 9.47 Å². The summed E-state index contributed by atoms with van der Waals surface area (Å²) in [5.74, 6) is -1.35. The number of carbonyl (C=O) groups excluding carboxylic acids is 3. The second-order valence-corrected chi connectivity index (χ2v) is 3.33. The van der Waals surface area contributed by atoms with Crippen LogP contribution in [0.2, 0.25) is 0 Å². The molecule has 0 aliphatic rings. The quantitative estimate of drug-likeness (QED) is 0.589. The second kappa shape index (κ2) is 6.54. The van der Waals surface area contributed by atoms with Gasteiger partial charge in [-0.25, -0.2) is 9.59 Å². The summed E-state index contributed by atoms with van der Waals surface area (Å²) in [4.78, 5) is 34.4. The van der Waals surface area contributed by atoms with Crippen molar-refractivity contribution in [2.75, 3.05) is 13.2 Å². The lowest BCUT2D eigenvalue weighted by molar-refractivity contribution is 0.0478. The van der Waals surface area contributed by atoms with E-state index in [9.17, 15) is 14.4 Å². The molecule has 0 spiro atoms. The summed E-state index contributed by atoms with van der Waals surface area (Å²) in [7, 11) is 0. The molecule has 0 aliphatic carbocycles. The van der Waals surface area contributed by atoms with Crippen molar-refractivity contribution in [2.45, 2.75) is 13.8 Å². The predicted octanol–water partition coefficient (Wildman–Crippen LogP) is 1.85. The van der Waals surface area contributed by atoms with Crippen LogP contribution in [0.15, 0.2) is 18.2 Å². The van der Waals surface area contributed by atoms with Crippen molar-refractivity contribution in [1.82, 2.24) is 0 Å². The highest BCUT2D eigenvalue weighted by Gasteiger charge is 2.22. The molecule has 0 bridgehead atoms. The summed E-state index contributed by atoms with van der Waals surface area (Å²) < 4.78 is 9.67. The van der Waals surface area contributed by atoms with Crippen molar-refractivity contribution in [3.05, 3.63) is 34.9 Å². The van der Waals surface area contributed by atoms with Crippen molar-refractivity contribution in [3.63, 3.8) is 0 Å². The standard InChI is InChI=1S/C13H14O5/c1-3-17-12(15)10-7-5-6-9(8-14)11(10)13(16)18-4-2/h5-8H,3-4H2,1-2H3. The van der Waals surface area contributed by atoms with Crippen LogP contribution in [-0.4, -0.2) is 31.4 Å². The summed E-state index contributed by atoms with van der Waals surface area (Å²) in [5.41, 5.74) is 0.103. The summed E-state index contributed by atoms with van der Waals surface area (Å²) in [6.45, 7) is 3.65. The Morgan fingerprint density at radius 1 is 1.11 bits per heavy atom. The smallest absolute Gasteiger partial charge is 0.339 e. The topological polar surface area (TPSA) is 69.7 Å². The summed E-state index contributed by atoms with van der Waals surface area (Å²) in [6, 6.07) is 4.39. The third kappa shape index (κ3) is 2.94. The Kier molecular flexibility index (Phi) is 5.05. The molecule has 1 aromatic rings. The maximum atomic E-state index is 11.8. The molecule has 0 saturated carbocycles. The fourth-order valence-electron chi connectivity index (χ4n) is 1.48. The van der Waals surface area contributed by atoms with Gasteiger partial charge in [-0.1, -0.05) is 12.1 Å². The van der Waals surface area contributed by atoms with Gasteiger partial charge in [0.1, 0.15) is 0 Å². The van der Waals surface area contributed by atoms with Gasteiger partial charge >= 0.3 is 11.9 Å². The molecule has 0 N–H and O–H groups in total. The molecule has 0 heterocycles. The first-order valence-electron chi connectivity index (χ1n) is 5.58. The Morgan fingerprint density at radius 3 is 2.28 bits per heavy atom. The molecule has 18 heavy (non-hydrogen) atoms. The maximum Gasteiger partial charge on any atom is 0.339 e. The first kappa shape index (κ1) is 13.9. The monoisotopic (exact) mass is 250 g/mol. The molecular formula is C13H14O5. The van der Waals surface area contributed by atoms with Gasteiger partial charge in [0, 0.05) is 5.56 Å². The van der Waals surface area contributed by atoms with Crippen molar-refractivity contribution in [3.8, 4) is 0 Å². The lowest BCUT2D eigenvalue weighted by atomic mass is 10.0. The van der Waals surface area contributed by atoms with Crippen LogP contribution in [0.1, 0.15) is 44.9 Å².